The number of anilines is 1. The van der Waals surface area contributed by atoms with E-state index >= 15 is 0 Å². The van der Waals surface area contributed by atoms with E-state index < -0.39 is 5.92 Å². The fraction of sp³-hybridized carbons (Fsp3) is 0.562. The number of nitrogens with zero attached hydrogens (tertiary/aromatic N) is 2. The topological polar surface area (TPSA) is 79.0 Å². The van der Waals surface area contributed by atoms with Crippen molar-refractivity contribution >= 4 is 11.6 Å². The minimum Gasteiger partial charge on any atom is -0.489 e. The molecule has 1 aromatic carbocycles. The van der Waals surface area contributed by atoms with Crippen LogP contribution in [0, 0.1) is 0 Å². The van der Waals surface area contributed by atoms with Crippen molar-refractivity contribution in [1.29, 1.82) is 0 Å². The van der Waals surface area contributed by atoms with Crippen LogP contribution in [0.3, 0.4) is 0 Å². The van der Waals surface area contributed by atoms with E-state index in [0.29, 0.717) is 36.6 Å². The van der Waals surface area contributed by atoms with Crippen LogP contribution in [0.5, 0.6) is 5.75 Å². The molecule has 132 valence electrons. The van der Waals surface area contributed by atoms with E-state index in [1.807, 2.05) is 0 Å². The number of carbonyl (C=O) groups is 1. The second-order valence-corrected chi connectivity index (χ2v) is 6.27. The monoisotopic (exact) mass is 341 g/mol. The number of amides is 1. The second kappa shape index (κ2) is 6.52. The number of nitrogens with two attached hydrogens (primary N) is 1. The smallest absolute Gasteiger partial charge is 0.261 e. The predicted octanol–water partition coefficient (Wildman–Crippen LogP) is 0.805. The lowest BCUT2D eigenvalue weighted by Gasteiger charge is -2.44. The van der Waals surface area contributed by atoms with Gasteiger partial charge in [-0.05, 0) is 18.2 Å². The number of likely N-dealkylation sites (tertiary alicyclic amines) is 2. The van der Waals surface area contributed by atoms with Crippen molar-refractivity contribution in [2.75, 3.05) is 45.1 Å². The number of nitrogen functional groups attached to an aromatic ring is 1. The molecular weight excluding hydrogens is 320 g/mol. The van der Waals surface area contributed by atoms with Crippen molar-refractivity contribution in [1.82, 2.24) is 9.80 Å². The number of hydrogen-bond donors (Lipinski definition) is 2. The summed E-state index contributed by atoms with van der Waals surface area (Å²) in [6, 6.07) is 4.74. The van der Waals surface area contributed by atoms with Gasteiger partial charge in [0.25, 0.3) is 11.8 Å². The number of aliphatic hydroxyl groups is 1. The Labute approximate surface area is 138 Å². The summed E-state index contributed by atoms with van der Waals surface area (Å²) in [5.74, 6) is -2.43. The summed E-state index contributed by atoms with van der Waals surface area (Å²) in [5.41, 5.74) is 6.60. The standard InChI is InChI=1S/C16H21F2N3O3/c17-16(18)3-4-20(10-16)12-8-21(9-12)15(23)11-1-2-13(19)14(7-11)24-6-5-22/h1-2,7,12,22H,3-6,8-10,19H2. The Morgan fingerprint density at radius 2 is 2.17 bits per heavy atom. The molecule has 2 fully saturated rings. The molecule has 0 aromatic heterocycles. The van der Waals surface area contributed by atoms with E-state index in [-0.39, 0.29) is 38.1 Å². The van der Waals surface area contributed by atoms with E-state index in [1.54, 1.807) is 28.0 Å². The van der Waals surface area contributed by atoms with E-state index in [9.17, 15) is 13.6 Å². The number of carbonyl (C=O) groups excluding carboxylic acids is 1. The molecule has 0 unspecified atom stereocenters. The molecule has 0 saturated carbocycles. The first-order chi connectivity index (χ1) is 11.4. The Morgan fingerprint density at radius 1 is 1.42 bits per heavy atom. The van der Waals surface area contributed by atoms with Gasteiger partial charge in [-0.1, -0.05) is 0 Å². The van der Waals surface area contributed by atoms with Crippen molar-refractivity contribution in [3.05, 3.63) is 23.8 Å². The summed E-state index contributed by atoms with van der Waals surface area (Å²) in [6.07, 6.45) is -0.110. The Morgan fingerprint density at radius 3 is 2.79 bits per heavy atom. The minimum atomic E-state index is -2.61. The highest BCUT2D eigenvalue weighted by atomic mass is 19.3. The average Bonchev–Trinajstić information content (AvgIpc) is 2.84. The molecule has 0 bridgehead atoms. The molecule has 6 nitrogen and oxygen atoms in total. The highest BCUT2D eigenvalue weighted by molar-refractivity contribution is 5.95. The molecular formula is C16H21F2N3O3. The lowest BCUT2D eigenvalue weighted by molar-refractivity contribution is -0.00873. The Hall–Kier alpha value is -1.93. The molecule has 2 aliphatic heterocycles. The van der Waals surface area contributed by atoms with Gasteiger partial charge in [0.15, 0.2) is 0 Å². The second-order valence-electron chi connectivity index (χ2n) is 6.27. The van der Waals surface area contributed by atoms with Crippen LogP contribution in [0.15, 0.2) is 18.2 Å². The van der Waals surface area contributed by atoms with Gasteiger partial charge in [-0.15, -0.1) is 0 Å². The van der Waals surface area contributed by atoms with Crippen LogP contribution in [-0.4, -0.2) is 72.2 Å². The summed E-state index contributed by atoms with van der Waals surface area (Å²) in [7, 11) is 0. The highest BCUT2D eigenvalue weighted by Gasteiger charge is 2.44. The first-order valence-corrected chi connectivity index (χ1v) is 7.94. The van der Waals surface area contributed by atoms with E-state index in [4.69, 9.17) is 15.6 Å². The van der Waals surface area contributed by atoms with Crippen LogP contribution in [0.25, 0.3) is 0 Å². The summed E-state index contributed by atoms with van der Waals surface area (Å²) >= 11 is 0. The minimum absolute atomic E-state index is 0.00113. The summed E-state index contributed by atoms with van der Waals surface area (Å²) in [5, 5.41) is 8.80. The fourth-order valence-electron chi connectivity index (χ4n) is 3.06. The van der Waals surface area contributed by atoms with Crippen molar-refractivity contribution in [2.45, 2.75) is 18.4 Å². The maximum absolute atomic E-state index is 13.3. The summed E-state index contributed by atoms with van der Waals surface area (Å²) in [4.78, 5) is 15.8. The largest absolute Gasteiger partial charge is 0.489 e. The van der Waals surface area contributed by atoms with Crippen LogP contribution in [0.1, 0.15) is 16.8 Å². The van der Waals surface area contributed by atoms with Gasteiger partial charge in [0, 0.05) is 37.7 Å². The van der Waals surface area contributed by atoms with Crippen molar-refractivity contribution in [2.24, 2.45) is 0 Å². The van der Waals surface area contributed by atoms with E-state index in [1.165, 1.54) is 0 Å². The molecule has 0 aliphatic carbocycles. The molecule has 8 heteroatoms. The quantitative estimate of drug-likeness (QED) is 0.775. The van der Waals surface area contributed by atoms with Gasteiger partial charge < -0.3 is 20.5 Å². The van der Waals surface area contributed by atoms with Crippen LogP contribution in [-0.2, 0) is 0 Å². The molecule has 0 atom stereocenters. The fourth-order valence-corrected chi connectivity index (χ4v) is 3.06. The third kappa shape index (κ3) is 3.44. The van der Waals surface area contributed by atoms with Gasteiger partial charge in [-0.3, -0.25) is 9.69 Å². The number of aliphatic hydroxyl groups excluding tert-OH is 1. The van der Waals surface area contributed by atoms with Gasteiger partial charge in [0.1, 0.15) is 12.4 Å². The van der Waals surface area contributed by atoms with Crippen LogP contribution < -0.4 is 10.5 Å². The molecule has 0 radical (unpaired) electrons. The Kier molecular flexibility index (Phi) is 4.60. The molecule has 3 rings (SSSR count). The predicted molar refractivity (Wildman–Crippen MR) is 84.3 cm³/mol. The summed E-state index contributed by atoms with van der Waals surface area (Å²) < 4.78 is 31.8. The third-order valence-electron chi connectivity index (χ3n) is 4.47. The SMILES string of the molecule is Nc1ccc(C(=O)N2CC(N3CCC(F)(F)C3)C2)cc1OCCO. The molecule has 2 heterocycles. The van der Waals surface area contributed by atoms with Crippen molar-refractivity contribution < 1.29 is 23.4 Å². The lowest BCUT2D eigenvalue weighted by atomic mass is 10.0. The van der Waals surface area contributed by atoms with Crippen molar-refractivity contribution in [3.63, 3.8) is 0 Å². The zero-order chi connectivity index (χ0) is 17.3. The zero-order valence-electron chi connectivity index (χ0n) is 13.3. The Balaban J connectivity index is 1.58. The first-order valence-electron chi connectivity index (χ1n) is 7.94. The molecule has 24 heavy (non-hydrogen) atoms. The van der Waals surface area contributed by atoms with Crippen molar-refractivity contribution in [3.8, 4) is 5.75 Å². The maximum Gasteiger partial charge on any atom is 0.261 e. The molecule has 1 amide bonds. The number of rotatable bonds is 5. The van der Waals surface area contributed by atoms with E-state index in [0.717, 1.165) is 0 Å². The van der Waals surface area contributed by atoms with Gasteiger partial charge in [-0.2, -0.15) is 0 Å². The third-order valence-corrected chi connectivity index (χ3v) is 4.47. The number of ether oxygens (including phenoxy) is 1. The number of benzene rings is 1. The van der Waals surface area contributed by atoms with Crippen LogP contribution in [0.4, 0.5) is 14.5 Å². The Bertz CT molecular complexity index is 621. The number of alkyl halides is 2. The van der Waals surface area contributed by atoms with E-state index in [2.05, 4.69) is 0 Å². The molecule has 2 aliphatic rings. The zero-order valence-corrected chi connectivity index (χ0v) is 13.3. The normalized spacial score (nSPS) is 20.9. The molecule has 1 aromatic rings. The summed E-state index contributed by atoms with van der Waals surface area (Å²) in [6.45, 7) is 1.00. The molecule has 0 spiro atoms. The number of halogens is 2. The highest BCUT2D eigenvalue weighted by Crippen LogP contribution is 2.31. The van der Waals surface area contributed by atoms with Gasteiger partial charge >= 0.3 is 0 Å². The van der Waals surface area contributed by atoms with Gasteiger partial charge in [0.2, 0.25) is 0 Å². The van der Waals surface area contributed by atoms with Crippen LogP contribution >= 0.6 is 0 Å². The average molecular weight is 341 g/mol. The molecule has 2 saturated heterocycles. The van der Waals surface area contributed by atoms with Gasteiger partial charge in [-0.25, -0.2) is 8.78 Å². The number of hydrogen-bond acceptors (Lipinski definition) is 5. The van der Waals surface area contributed by atoms with Gasteiger partial charge in [0.05, 0.1) is 18.8 Å². The maximum atomic E-state index is 13.3. The lowest BCUT2D eigenvalue weighted by Crippen LogP contribution is -2.60. The molecule has 3 N–H and O–H groups in total. The first kappa shape index (κ1) is 16.9. The van der Waals surface area contributed by atoms with Crippen LogP contribution in [0.2, 0.25) is 0 Å².